The molecule has 0 spiro atoms. The molecule has 0 radical (unpaired) electrons. The average Bonchev–Trinajstić information content (AvgIpc) is 2.35. The van der Waals surface area contributed by atoms with E-state index in [1.165, 1.54) is 7.11 Å². The number of carbonyl (C=O) groups excluding carboxylic acids is 1. The molecule has 1 rings (SSSR count). The molecule has 3 N–H and O–H groups in total. The number of nitrogen functional groups attached to an aromatic ring is 1. The van der Waals surface area contributed by atoms with Gasteiger partial charge in [0.25, 0.3) is 5.91 Å². The smallest absolute Gasteiger partial charge is 0.277 e. The van der Waals surface area contributed by atoms with Crippen molar-refractivity contribution >= 4 is 17.3 Å². The van der Waals surface area contributed by atoms with Crippen molar-refractivity contribution in [3.63, 3.8) is 0 Å². The van der Waals surface area contributed by atoms with Crippen LogP contribution in [-0.4, -0.2) is 31.7 Å². The van der Waals surface area contributed by atoms with Crippen LogP contribution < -0.4 is 11.1 Å². The lowest BCUT2D eigenvalue weighted by Gasteiger charge is -2.15. The van der Waals surface area contributed by atoms with Crippen LogP contribution in [-0.2, 0) is 4.84 Å². The maximum absolute atomic E-state index is 11.8. The molecule has 0 aliphatic rings. The first-order valence-electron chi connectivity index (χ1n) is 5.91. The highest BCUT2D eigenvalue weighted by atomic mass is 16.7. The van der Waals surface area contributed by atoms with Crippen LogP contribution >= 0.6 is 0 Å². The van der Waals surface area contributed by atoms with E-state index < -0.39 is 0 Å². The highest BCUT2D eigenvalue weighted by Crippen LogP contribution is 2.21. The summed E-state index contributed by atoms with van der Waals surface area (Å²) in [6, 6.07) is 5.20. The minimum Gasteiger partial charge on any atom is -0.397 e. The monoisotopic (exact) mass is 251 g/mol. The second kappa shape index (κ2) is 6.26. The van der Waals surface area contributed by atoms with Crippen LogP contribution in [0.25, 0.3) is 0 Å². The molecule has 0 heterocycles. The van der Waals surface area contributed by atoms with E-state index in [1.807, 2.05) is 6.07 Å². The number of hydrogen-bond donors (Lipinski definition) is 2. The number of nitrogens with two attached hydrogens (primary N) is 1. The summed E-state index contributed by atoms with van der Waals surface area (Å²) in [6.07, 6.45) is 0. The van der Waals surface area contributed by atoms with Gasteiger partial charge in [0.1, 0.15) is 0 Å². The Hall–Kier alpha value is -1.75. The van der Waals surface area contributed by atoms with Gasteiger partial charge >= 0.3 is 0 Å². The normalized spacial score (nSPS) is 10.5. The Labute approximate surface area is 108 Å². The number of amides is 1. The molecule has 1 aromatic carbocycles. The molecule has 18 heavy (non-hydrogen) atoms. The molecule has 0 saturated heterocycles. The zero-order chi connectivity index (χ0) is 13.7. The Morgan fingerprint density at radius 3 is 2.67 bits per heavy atom. The first kappa shape index (κ1) is 14.3. The summed E-state index contributed by atoms with van der Waals surface area (Å²) in [6.45, 7) is 5.08. The van der Waals surface area contributed by atoms with Crippen molar-refractivity contribution < 1.29 is 9.63 Å². The molecule has 5 nitrogen and oxygen atoms in total. The quantitative estimate of drug-likeness (QED) is 0.620. The molecule has 0 atom stereocenters. The first-order valence-corrected chi connectivity index (χ1v) is 5.91. The highest BCUT2D eigenvalue weighted by molar-refractivity contribution is 5.95. The molecule has 0 aromatic heterocycles. The largest absolute Gasteiger partial charge is 0.397 e. The summed E-state index contributed by atoms with van der Waals surface area (Å²) in [5, 5.41) is 4.40. The van der Waals surface area contributed by atoms with Gasteiger partial charge in [-0.05, 0) is 24.1 Å². The second-order valence-electron chi connectivity index (χ2n) is 4.56. The van der Waals surface area contributed by atoms with Crippen LogP contribution in [0.4, 0.5) is 11.4 Å². The topological polar surface area (TPSA) is 67.6 Å². The van der Waals surface area contributed by atoms with E-state index in [-0.39, 0.29) is 5.91 Å². The summed E-state index contributed by atoms with van der Waals surface area (Å²) in [7, 11) is 3.00. The molecular formula is C13H21N3O2. The summed E-state index contributed by atoms with van der Waals surface area (Å²) < 4.78 is 0. The summed E-state index contributed by atoms with van der Waals surface area (Å²) >= 11 is 0. The molecule has 0 bridgehead atoms. The minimum absolute atomic E-state index is 0.223. The standard InChI is InChI=1S/C13H21N3O2/c1-9(2)8-15-12-6-5-10(7-11(12)14)13(17)16(3)18-4/h5-7,9,15H,8,14H2,1-4H3. The van der Waals surface area contributed by atoms with Gasteiger partial charge in [0.05, 0.1) is 18.5 Å². The molecule has 5 heteroatoms. The van der Waals surface area contributed by atoms with Crippen molar-refractivity contribution in [2.24, 2.45) is 5.92 Å². The van der Waals surface area contributed by atoms with Gasteiger partial charge in [-0.1, -0.05) is 13.8 Å². The van der Waals surface area contributed by atoms with Crippen molar-refractivity contribution in [3.8, 4) is 0 Å². The molecule has 0 saturated carbocycles. The van der Waals surface area contributed by atoms with Crippen molar-refractivity contribution in [1.29, 1.82) is 0 Å². The van der Waals surface area contributed by atoms with E-state index in [2.05, 4.69) is 19.2 Å². The van der Waals surface area contributed by atoms with Gasteiger partial charge in [-0.15, -0.1) is 0 Å². The Bertz CT molecular complexity index is 419. The molecule has 0 fully saturated rings. The summed E-state index contributed by atoms with van der Waals surface area (Å²) in [5.74, 6) is 0.310. The predicted molar refractivity (Wildman–Crippen MR) is 73.3 cm³/mol. The molecule has 1 aromatic rings. The Balaban J connectivity index is 2.82. The summed E-state index contributed by atoms with van der Waals surface area (Å²) in [5.41, 5.74) is 7.83. The number of benzene rings is 1. The van der Waals surface area contributed by atoms with Crippen LogP contribution in [0.2, 0.25) is 0 Å². The van der Waals surface area contributed by atoms with E-state index >= 15 is 0 Å². The van der Waals surface area contributed by atoms with Crippen LogP contribution in [0.5, 0.6) is 0 Å². The van der Waals surface area contributed by atoms with Gasteiger partial charge in [0.2, 0.25) is 0 Å². The molecule has 0 aliphatic heterocycles. The number of nitrogens with zero attached hydrogens (tertiary/aromatic N) is 1. The highest BCUT2D eigenvalue weighted by Gasteiger charge is 2.12. The van der Waals surface area contributed by atoms with Crippen molar-refractivity contribution in [2.45, 2.75) is 13.8 Å². The lowest BCUT2D eigenvalue weighted by Crippen LogP contribution is -2.25. The third-order valence-electron chi connectivity index (χ3n) is 2.56. The molecule has 0 unspecified atom stereocenters. The van der Waals surface area contributed by atoms with E-state index in [9.17, 15) is 4.79 Å². The first-order chi connectivity index (χ1) is 8.45. The van der Waals surface area contributed by atoms with Gasteiger partial charge in [-0.25, -0.2) is 5.06 Å². The van der Waals surface area contributed by atoms with Gasteiger partial charge in [0, 0.05) is 19.2 Å². The lowest BCUT2D eigenvalue weighted by molar-refractivity contribution is -0.0756. The number of nitrogens with one attached hydrogen (secondary N) is 1. The van der Waals surface area contributed by atoms with Crippen molar-refractivity contribution in [3.05, 3.63) is 23.8 Å². The van der Waals surface area contributed by atoms with Crippen LogP contribution in [0.15, 0.2) is 18.2 Å². The van der Waals surface area contributed by atoms with Gasteiger partial charge in [0.15, 0.2) is 0 Å². The maximum Gasteiger partial charge on any atom is 0.277 e. The Morgan fingerprint density at radius 1 is 1.50 bits per heavy atom. The molecule has 0 aliphatic carbocycles. The van der Waals surface area contributed by atoms with Gasteiger partial charge in [-0.3, -0.25) is 9.63 Å². The third kappa shape index (κ3) is 3.63. The number of anilines is 2. The van der Waals surface area contributed by atoms with Gasteiger partial charge in [-0.2, -0.15) is 0 Å². The zero-order valence-corrected chi connectivity index (χ0v) is 11.4. The zero-order valence-electron chi connectivity index (χ0n) is 11.4. The van der Waals surface area contributed by atoms with E-state index in [0.29, 0.717) is 17.2 Å². The fraction of sp³-hybridized carbons (Fsp3) is 0.462. The summed E-state index contributed by atoms with van der Waals surface area (Å²) in [4.78, 5) is 16.7. The molecular weight excluding hydrogens is 230 g/mol. The SMILES string of the molecule is CON(C)C(=O)c1ccc(NCC(C)C)c(N)c1. The van der Waals surface area contributed by atoms with E-state index in [1.54, 1.807) is 19.2 Å². The van der Waals surface area contributed by atoms with E-state index in [0.717, 1.165) is 17.3 Å². The van der Waals surface area contributed by atoms with Crippen LogP contribution in [0.3, 0.4) is 0 Å². The Kier molecular flexibility index (Phi) is 4.97. The van der Waals surface area contributed by atoms with Gasteiger partial charge < -0.3 is 11.1 Å². The van der Waals surface area contributed by atoms with Crippen LogP contribution in [0.1, 0.15) is 24.2 Å². The maximum atomic E-state index is 11.8. The predicted octanol–water partition coefficient (Wildman–Crippen LogP) is 1.97. The fourth-order valence-corrected chi connectivity index (χ4v) is 1.44. The van der Waals surface area contributed by atoms with Crippen molar-refractivity contribution in [1.82, 2.24) is 5.06 Å². The number of carbonyl (C=O) groups is 1. The average molecular weight is 251 g/mol. The number of hydrogen-bond acceptors (Lipinski definition) is 4. The van der Waals surface area contributed by atoms with Crippen molar-refractivity contribution in [2.75, 3.05) is 31.8 Å². The minimum atomic E-state index is -0.223. The molecule has 100 valence electrons. The number of hydroxylamine groups is 2. The van der Waals surface area contributed by atoms with E-state index in [4.69, 9.17) is 10.6 Å². The second-order valence-corrected chi connectivity index (χ2v) is 4.56. The number of rotatable bonds is 5. The van der Waals surface area contributed by atoms with Crippen LogP contribution in [0, 0.1) is 5.92 Å². The third-order valence-corrected chi connectivity index (χ3v) is 2.56. The molecule has 1 amide bonds. The Morgan fingerprint density at radius 2 is 2.17 bits per heavy atom. The fourth-order valence-electron chi connectivity index (χ4n) is 1.44. The lowest BCUT2D eigenvalue weighted by atomic mass is 10.1.